The van der Waals surface area contributed by atoms with E-state index < -0.39 is 16.1 Å². The lowest BCUT2D eigenvalue weighted by molar-refractivity contribution is -0.132. The minimum Gasteiger partial charge on any atom is -0.343 e. The van der Waals surface area contributed by atoms with Crippen molar-refractivity contribution in [2.75, 3.05) is 13.1 Å². The maximum Gasteiger partial charge on any atom is 0.243 e. The average Bonchev–Trinajstić information content (AvgIpc) is 3.61. The fraction of sp³-hybridized carbons (Fsp3) is 0.458. The second-order valence-corrected chi connectivity index (χ2v) is 11.2. The first-order chi connectivity index (χ1) is 15.8. The zero-order valence-electron chi connectivity index (χ0n) is 18.4. The second-order valence-electron chi connectivity index (χ2n) is 8.89. The molecular weight excluding hydrogens is 465 g/mol. The number of halogens is 2. The largest absolute Gasteiger partial charge is 0.343 e. The molecule has 0 radical (unpaired) electrons. The van der Waals surface area contributed by atoms with Crippen LogP contribution in [-0.2, 0) is 21.2 Å². The van der Waals surface area contributed by atoms with Gasteiger partial charge in [-0.3, -0.25) is 4.79 Å². The molecule has 178 valence electrons. The van der Waals surface area contributed by atoms with Crippen LogP contribution in [0.25, 0.3) is 0 Å². The first kappa shape index (κ1) is 24.1. The number of piperidine rings is 1. The summed E-state index contributed by atoms with van der Waals surface area (Å²) in [6.07, 6.45) is 3.31. The van der Waals surface area contributed by atoms with Gasteiger partial charge in [-0.1, -0.05) is 29.8 Å². The molecule has 1 aliphatic heterocycles. The summed E-state index contributed by atoms with van der Waals surface area (Å²) in [5.41, 5.74) is 6.63. The molecule has 2 aliphatic rings. The number of nitrogens with zero attached hydrogens (tertiary/aromatic N) is 2. The highest BCUT2D eigenvalue weighted by molar-refractivity contribution is 7.89. The Labute approximate surface area is 199 Å². The van der Waals surface area contributed by atoms with Crippen molar-refractivity contribution in [1.29, 1.82) is 0 Å². The van der Waals surface area contributed by atoms with Crippen LogP contribution in [0.15, 0.2) is 53.4 Å². The van der Waals surface area contributed by atoms with E-state index in [-0.39, 0.29) is 35.1 Å². The molecule has 2 aromatic carbocycles. The third kappa shape index (κ3) is 5.74. The van der Waals surface area contributed by atoms with Crippen LogP contribution in [0.2, 0.25) is 5.02 Å². The van der Waals surface area contributed by atoms with Gasteiger partial charge in [-0.15, -0.1) is 0 Å². The lowest BCUT2D eigenvalue weighted by Gasteiger charge is -2.38. The van der Waals surface area contributed by atoms with Gasteiger partial charge in [0.15, 0.2) is 0 Å². The topological polar surface area (TPSA) is 83.7 Å². The van der Waals surface area contributed by atoms with Crippen molar-refractivity contribution in [3.05, 3.63) is 64.9 Å². The number of amides is 1. The predicted octanol–water partition coefficient (Wildman–Crippen LogP) is 3.58. The van der Waals surface area contributed by atoms with Gasteiger partial charge in [0, 0.05) is 42.7 Å². The number of likely N-dealkylation sites (tertiary alicyclic amines) is 1. The first-order valence-corrected chi connectivity index (χ1v) is 13.1. The molecule has 1 heterocycles. The van der Waals surface area contributed by atoms with Crippen molar-refractivity contribution in [2.24, 2.45) is 5.73 Å². The first-order valence-electron chi connectivity index (χ1n) is 11.3. The van der Waals surface area contributed by atoms with Gasteiger partial charge in [-0.05, 0) is 68.0 Å². The summed E-state index contributed by atoms with van der Waals surface area (Å²) in [6.45, 7) is 0.963. The van der Waals surface area contributed by atoms with Gasteiger partial charge >= 0.3 is 0 Å². The summed E-state index contributed by atoms with van der Waals surface area (Å²) in [4.78, 5) is 14.8. The molecule has 6 nitrogen and oxygen atoms in total. The molecule has 1 amide bonds. The Morgan fingerprint density at radius 3 is 2.27 bits per heavy atom. The summed E-state index contributed by atoms with van der Waals surface area (Å²) in [7, 11) is -3.63. The number of hydrogen-bond donors (Lipinski definition) is 1. The smallest absolute Gasteiger partial charge is 0.243 e. The summed E-state index contributed by atoms with van der Waals surface area (Å²) < 4.78 is 42.2. The Hall–Kier alpha value is -2.00. The summed E-state index contributed by atoms with van der Waals surface area (Å²) in [5.74, 6) is -0.390. The van der Waals surface area contributed by atoms with Gasteiger partial charge in [-0.25, -0.2) is 12.8 Å². The highest BCUT2D eigenvalue weighted by Gasteiger charge is 2.43. The minimum atomic E-state index is -3.63. The van der Waals surface area contributed by atoms with Gasteiger partial charge in [0.25, 0.3) is 0 Å². The molecule has 0 unspecified atom stereocenters. The third-order valence-corrected chi connectivity index (χ3v) is 8.62. The van der Waals surface area contributed by atoms with E-state index in [1.165, 1.54) is 6.07 Å². The molecule has 1 saturated carbocycles. The second kappa shape index (κ2) is 10.1. The Balaban J connectivity index is 1.35. The van der Waals surface area contributed by atoms with Gasteiger partial charge in [0.05, 0.1) is 4.90 Å². The molecular formula is C24H29ClFN3O3S. The SMILES string of the molecule is N[C@@H](CC(=O)N1CCC(N(C2CC2)S(=O)(=O)c2ccc(Cl)cc2)CC1)Cc1ccccc1F. The number of carbonyl (C=O) groups is 1. The molecule has 1 saturated heterocycles. The van der Waals surface area contributed by atoms with Crippen LogP contribution in [-0.4, -0.2) is 54.7 Å². The highest BCUT2D eigenvalue weighted by atomic mass is 35.5. The average molecular weight is 494 g/mol. The van der Waals surface area contributed by atoms with E-state index in [0.717, 1.165) is 12.8 Å². The van der Waals surface area contributed by atoms with Gasteiger partial charge < -0.3 is 10.6 Å². The Morgan fingerprint density at radius 1 is 1.06 bits per heavy atom. The van der Waals surface area contributed by atoms with Gasteiger partial charge in [0.1, 0.15) is 5.82 Å². The molecule has 0 aromatic heterocycles. The number of nitrogens with two attached hydrogens (primary N) is 1. The van der Waals surface area contributed by atoms with Crippen LogP contribution in [0.1, 0.15) is 37.7 Å². The summed E-state index contributed by atoms with van der Waals surface area (Å²) in [6, 6.07) is 12.1. The summed E-state index contributed by atoms with van der Waals surface area (Å²) in [5, 5.41) is 0.493. The number of sulfonamides is 1. The standard InChI is InChI=1S/C24H29ClFN3O3S/c25-18-5-9-22(10-6-18)33(31,32)29(20-7-8-20)21-11-13-28(14-12-21)24(30)16-19(27)15-17-3-1-2-4-23(17)26/h1-6,9-10,19-21H,7-8,11-16,27H2/t19-/m1/s1. The molecule has 33 heavy (non-hydrogen) atoms. The molecule has 2 aromatic rings. The van der Waals surface area contributed by atoms with Gasteiger partial charge in [0.2, 0.25) is 15.9 Å². The predicted molar refractivity (Wildman–Crippen MR) is 126 cm³/mol. The molecule has 1 atom stereocenters. The number of hydrogen-bond acceptors (Lipinski definition) is 4. The van der Waals surface area contributed by atoms with E-state index in [9.17, 15) is 17.6 Å². The van der Waals surface area contributed by atoms with Crippen LogP contribution in [0.3, 0.4) is 0 Å². The van der Waals surface area contributed by atoms with E-state index in [4.69, 9.17) is 17.3 Å². The fourth-order valence-electron chi connectivity index (χ4n) is 4.49. The number of carbonyl (C=O) groups excluding carboxylic acids is 1. The zero-order chi connectivity index (χ0) is 23.6. The van der Waals surface area contributed by atoms with E-state index >= 15 is 0 Å². The van der Waals surface area contributed by atoms with Crippen molar-refractivity contribution in [3.63, 3.8) is 0 Å². The lowest BCUT2D eigenvalue weighted by Crippen LogP contribution is -2.50. The van der Waals surface area contributed by atoms with Crippen molar-refractivity contribution in [2.45, 2.75) is 61.5 Å². The van der Waals surface area contributed by atoms with E-state index in [0.29, 0.717) is 42.9 Å². The Morgan fingerprint density at radius 2 is 1.67 bits per heavy atom. The molecule has 4 rings (SSSR count). The van der Waals surface area contributed by atoms with Crippen LogP contribution in [0.4, 0.5) is 4.39 Å². The normalized spacial score (nSPS) is 18.5. The fourth-order valence-corrected chi connectivity index (χ4v) is 6.55. The van der Waals surface area contributed by atoms with Gasteiger partial charge in [-0.2, -0.15) is 4.31 Å². The maximum absolute atomic E-state index is 13.9. The van der Waals surface area contributed by atoms with Crippen LogP contribution < -0.4 is 5.73 Å². The van der Waals surface area contributed by atoms with Crippen molar-refractivity contribution < 1.29 is 17.6 Å². The quantitative estimate of drug-likeness (QED) is 0.609. The molecule has 0 spiro atoms. The molecule has 0 bridgehead atoms. The molecule has 1 aliphatic carbocycles. The van der Waals surface area contributed by atoms with Crippen LogP contribution >= 0.6 is 11.6 Å². The Bertz CT molecular complexity index is 1080. The summed E-state index contributed by atoms with van der Waals surface area (Å²) >= 11 is 5.93. The van der Waals surface area contributed by atoms with E-state index in [2.05, 4.69) is 0 Å². The lowest BCUT2D eigenvalue weighted by atomic mass is 10.0. The van der Waals surface area contributed by atoms with Crippen LogP contribution in [0, 0.1) is 5.82 Å². The minimum absolute atomic E-state index is 0.0205. The van der Waals surface area contributed by atoms with Crippen molar-refractivity contribution in [1.82, 2.24) is 9.21 Å². The Kier molecular flexibility index (Phi) is 7.38. The van der Waals surface area contributed by atoms with Crippen molar-refractivity contribution >= 4 is 27.5 Å². The van der Waals surface area contributed by atoms with Crippen molar-refractivity contribution in [3.8, 4) is 0 Å². The zero-order valence-corrected chi connectivity index (χ0v) is 19.9. The van der Waals surface area contributed by atoms with Crippen LogP contribution in [0.5, 0.6) is 0 Å². The maximum atomic E-state index is 13.9. The molecule has 2 N–H and O–H groups in total. The monoisotopic (exact) mass is 493 g/mol. The number of rotatable bonds is 8. The van der Waals surface area contributed by atoms with E-state index in [1.54, 1.807) is 51.7 Å². The highest BCUT2D eigenvalue weighted by Crippen LogP contribution is 2.37. The number of benzene rings is 2. The van der Waals surface area contributed by atoms with E-state index in [1.807, 2.05) is 0 Å². The molecule has 9 heteroatoms. The molecule has 2 fully saturated rings. The third-order valence-electron chi connectivity index (χ3n) is 6.35.